The van der Waals surface area contributed by atoms with Crippen molar-refractivity contribution in [1.29, 1.82) is 0 Å². The van der Waals surface area contributed by atoms with Crippen LogP contribution < -0.4 is 0 Å². The Morgan fingerprint density at radius 2 is 2.10 bits per heavy atom. The maximum atomic E-state index is 11.9. The van der Waals surface area contributed by atoms with Gasteiger partial charge in [0.2, 0.25) is 5.91 Å². The van der Waals surface area contributed by atoms with Gasteiger partial charge in [0, 0.05) is 26.4 Å². The number of amides is 1. The highest BCUT2D eigenvalue weighted by Gasteiger charge is 2.12. The fraction of sp³-hybridized carbons (Fsp3) is 0.400. The molecule has 112 valence electrons. The molecule has 0 aliphatic heterocycles. The van der Waals surface area contributed by atoms with Crippen LogP contribution in [0.15, 0.2) is 18.2 Å². The van der Waals surface area contributed by atoms with Crippen molar-refractivity contribution >= 4 is 22.9 Å². The van der Waals surface area contributed by atoms with Gasteiger partial charge in [-0.25, -0.2) is 4.98 Å². The first-order valence-corrected chi connectivity index (χ1v) is 6.87. The number of para-hydroxylation sites is 1. The number of H-pyrrole nitrogens is 1. The van der Waals surface area contributed by atoms with Crippen LogP contribution in [-0.2, 0) is 16.0 Å². The average Bonchev–Trinajstić information content (AvgIpc) is 2.86. The third-order valence-corrected chi connectivity index (χ3v) is 3.43. The van der Waals surface area contributed by atoms with Gasteiger partial charge in [0.1, 0.15) is 5.82 Å². The molecule has 0 aliphatic rings. The van der Waals surface area contributed by atoms with E-state index in [4.69, 9.17) is 5.11 Å². The Hall–Kier alpha value is -2.37. The number of nitrogens with one attached hydrogen (secondary N) is 1. The van der Waals surface area contributed by atoms with E-state index in [1.807, 2.05) is 25.1 Å². The Bertz CT molecular complexity index is 663. The van der Waals surface area contributed by atoms with E-state index in [0.29, 0.717) is 12.8 Å². The molecule has 1 amide bonds. The lowest BCUT2D eigenvalue weighted by molar-refractivity contribution is -0.138. The minimum Gasteiger partial charge on any atom is -0.481 e. The zero-order chi connectivity index (χ0) is 15.4. The quantitative estimate of drug-likeness (QED) is 0.848. The number of carboxylic acids is 1. The first kappa shape index (κ1) is 15.0. The van der Waals surface area contributed by atoms with Crippen LogP contribution >= 0.6 is 0 Å². The third kappa shape index (κ3) is 3.81. The Labute approximate surface area is 122 Å². The summed E-state index contributed by atoms with van der Waals surface area (Å²) >= 11 is 0. The summed E-state index contributed by atoms with van der Waals surface area (Å²) in [5, 5.41) is 8.61. The van der Waals surface area contributed by atoms with Gasteiger partial charge in [0.15, 0.2) is 0 Å². The monoisotopic (exact) mass is 289 g/mol. The van der Waals surface area contributed by atoms with E-state index in [1.54, 1.807) is 7.05 Å². The molecule has 0 aliphatic carbocycles. The number of nitrogens with zero attached hydrogens (tertiary/aromatic N) is 2. The minimum atomic E-state index is -0.901. The predicted molar refractivity (Wildman–Crippen MR) is 79.0 cm³/mol. The van der Waals surface area contributed by atoms with Crippen molar-refractivity contribution < 1.29 is 14.7 Å². The smallest absolute Gasteiger partial charge is 0.305 e. The van der Waals surface area contributed by atoms with Gasteiger partial charge >= 0.3 is 5.97 Å². The van der Waals surface area contributed by atoms with Crippen LogP contribution in [0.3, 0.4) is 0 Å². The number of hydrogen-bond acceptors (Lipinski definition) is 3. The number of aliphatic carboxylic acids is 1. The minimum absolute atomic E-state index is 0.0356. The molecule has 2 rings (SSSR count). The summed E-state index contributed by atoms with van der Waals surface area (Å²) in [5.41, 5.74) is 3.00. The molecule has 2 aromatic rings. The molecule has 0 saturated heterocycles. The van der Waals surface area contributed by atoms with E-state index in [1.165, 1.54) is 4.90 Å². The fourth-order valence-electron chi connectivity index (χ4n) is 2.15. The molecule has 6 nitrogen and oxygen atoms in total. The van der Waals surface area contributed by atoms with Crippen molar-refractivity contribution in [1.82, 2.24) is 14.9 Å². The van der Waals surface area contributed by atoms with E-state index in [-0.39, 0.29) is 18.9 Å². The highest BCUT2D eigenvalue weighted by Crippen LogP contribution is 2.16. The van der Waals surface area contributed by atoms with E-state index in [9.17, 15) is 9.59 Å². The molecule has 1 heterocycles. The molecule has 0 radical (unpaired) electrons. The van der Waals surface area contributed by atoms with Crippen LogP contribution in [-0.4, -0.2) is 45.4 Å². The molecule has 0 bridgehead atoms. The van der Waals surface area contributed by atoms with Crippen LogP contribution in [0, 0.1) is 6.92 Å². The first-order valence-electron chi connectivity index (χ1n) is 6.87. The summed E-state index contributed by atoms with van der Waals surface area (Å²) in [6, 6.07) is 5.92. The van der Waals surface area contributed by atoms with Crippen molar-refractivity contribution in [2.24, 2.45) is 0 Å². The molecule has 0 spiro atoms. The maximum absolute atomic E-state index is 11.9. The number of carbonyl (C=O) groups excluding carboxylic acids is 1. The van der Waals surface area contributed by atoms with Gasteiger partial charge < -0.3 is 15.0 Å². The predicted octanol–water partition coefficient (Wildman–Crippen LogP) is 1.74. The lowest BCUT2D eigenvalue weighted by Crippen LogP contribution is -2.29. The second kappa shape index (κ2) is 6.39. The Morgan fingerprint density at radius 1 is 1.33 bits per heavy atom. The number of carboxylic acid groups (broad SMARTS) is 1. The van der Waals surface area contributed by atoms with Gasteiger partial charge in [-0.1, -0.05) is 12.1 Å². The molecule has 0 unspecified atom stereocenters. The Morgan fingerprint density at radius 3 is 2.76 bits per heavy atom. The molecule has 6 heteroatoms. The first-order chi connectivity index (χ1) is 9.97. The molecule has 2 N–H and O–H groups in total. The molecule has 0 atom stereocenters. The summed E-state index contributed by atoms with van der Waals surface area (Å²) in [6.45, 7) is 2.23. The summed E-state index contributed by atoms with van der Waals surface area (Å²) in [5.74, 6) is -0.199. The normalized spacial score (nSPS) is 10.8. The van der Waals surface area contributed by atoms with Crippen LogP contribution in [0.5, 0.6) is 0 Å². The second-order valence-electron chi connectivity index (χ2n) is 5.11. The van der Waals surface area contributed by atoms with Gasteiger partial charge in [-0.3, -0.25) is 9.59 Å². The van der Waals surface area contributed by atoms with E-state index in [2.05, 4.69) is 9.97 Å². The van der Waals surface area contributed by atoms with Gasteiger partial charge in [-0.15, -0.1) is 0 Å². The van der Waals surface area contributed by atoms with Crippen LogP contribution in [0.2, 0.25) is 0 Å². The largest absolute Gasteiger partial charge is 0.481 e. The van der Waals surface area contributed by atoms with E-state index < -0.39 is 5.97 Å². The number of imidazole rings is 1. The third-order valence-electron chi connectivity index (χ3n) is 3.43. The summed E-state index contributed by atoms with van der Waals surface area (Å²) < 4.78 is 0. The number of aromatic amines is 1. The number of hydrogen-bond donors (Lipinski definition) is 2. The van der Waals surface area contributed by atoms with Crippen molar-refractivity contribution in [3.8, 4) is 0 Å². The number of aromatic nitrogens is 2. The van der Waals surface area contributed by atoms with Crippen molar-refractivity contribution in [3.05, 3.63) is 29.6 Å². The lowest BCUT2D eigenvalue weighted by Gasteiger charge is -2.15. The summed E-state index contributed by atoms with van der Waals surface area (Å²) in [6.07, 6.45) is 0.797. The zero-order valence-corrected chi connectivity index (χ0v) is 12.2. The van der Waals surface area contributed by atoms with Crippen molar-refractivity contribution in [2.75, 3.05) is 13.6 Å². The molecular formula is C15H19N3O3. The Balaban J connectivity index is 1.93. The molecular weight excluding hydrogens is 270 g/mol. The fourth-order valence-corrected chi connectivity index (χ4v) is 2.15. The second-order valence-corrected chi connectivity index (χ2v) is 5.11. The molecule has 0 fully saturated rings. The molecule has 1 aromatic heterocycles. The topological polar surface area (TPSA) is 86.3 Å². The van der Waals surface area contributed by atoms with E-state index in [0.717, 1.165) is 22.4 Å². The molecule has 21 heavy (non-hydrogen) atoms. The molecule has 1 aromatic carbocycles. The standard InChI is InChI=1S/C15H19N3O3/c1-10-4-3-5-11-15(10)17-12(16-11)6-7-13(19)18(2)9-8-14(20)21/h3-5H,6-9H2,1-2H3,(H,16,17)(H,20,21). The number of fused-ring (bicyclic) bond motifs is 1. The summed E-state index contributed by atoms with van der Waals surface area (Å²) in [4.78, 5) is 31.5. The Kier molecular flexibility index (Phi) is 4.57. The van der Waals surface area contributed by atoms with Gasteiger partial charge in [-0.2, -0.15) is 0 Å². The van der Waals surface area contributed by atoms with Gasteiger partial charge in [0.05, 0.1) is 17.5 Å². The van der Waals surface area contributed by atoms with Gasteiger partial charge in [-0.05, 0) is 18.6 Å². The van der Waals surface area contributed by atoms with Crippen molar-refractivity contribution in [2.45, 2.75) is 26.2 Å². The van der Waals surface area contributed by atoms with Crippen LogP contribution in [0.4, 0.5) is 0 Å². The van der Waals surface area contributed by atoms with Crippen molar-refractivity contribution in [3.63, 3.8) is 0 Å². The number of aryl methyl sites for hydroxylation is 2. The van der Waals surface area contributed by atoms with Crippen LogP contribution in [0.1, 0.15) is 24.2 Å². The van der Waals surface area contributed by atoms with Gasteiger partial charge in [0.25, 0.3) is 0 Å². The number of rotatable bonds is 6. The lowest BCUT2D eigenvalue weighted by atomic mass is 10.2. The summed E-state index contributed by atoms with van der Waals surface area (Å²) in [7, 11) is 1.62. The zero-order valence-electron chi connectivity index (χ0n) is 12.2. The van der Waals surface area contributed by atoms with E-state index >= 15 is 0 Å². The highest BCUT2D eigenvalue weighted by molar-refractivity contribution is 5.79. The highest BCUT2D eigenvalue weighted by atomic mass is 16.4. The molecule has 0 saturated carbocycles. The SMILES string of the molecule is Cc1cccc2[nH]c(CCC(=O)N(C)CCC(=O)O)nc12. The average molecular weight is 289 g/mol. The van der Waals surface area contributed by atoms with Crippen LogP contribution in [0.25, 0.3) is 11.0 Å². The maximum Gasteiger partial charge on any atom is 0.305 e. The number of benzene rings is 1. The number of carbonyl (C=O) groups is 2.